The van der Waals surface area contributed by atoms with E-state index < -0.39 is 0 Å². The molecule has 0 unspecified atom stereocenters. The average molecular weight is 363 g/mol. The van der Waals surface area contributed by atoms with Crippen molar-refractivity contribution in [3.05, 3.63) is 52.0 Å². The first-order valence-corrected chi connectivity index (χ1v) is 8.20. The van der Waals surface area contributed by atoms with Crippen LogP contribution in [0.5, 0.6) is 5.75 Å². The molecular weight excluding hydrogens is 347 g/mol. The zero-order chi connectivity index (χ0) is 17.3. The zero-order valence-electron chi connectivity index (χ0n) is 13.3. The molecule has 0 aliphatic carbocycles. The van der Waals surface area contributed by atoms with E-state index in [-0.39, 0.29) is 19.1 Å². The number of benzene rings is 2. The minimum atomic E-state index is -0.0350. The van der Waals surface area contributed by atoms with Gasteiger partial charge in [-0.15, -0.1) is 0 Å². The Kier molecular flexibility index (Phi) is 4.78. The van der Waals surface area contributed by atoms with Crippen LogP contribution in [0.15, 0.2) is 41.4 Å². The molecule has 6 heteroatoms. The van der Waals surface area contributed by atoms with Crippen LogP contribution in [-0.4, -0.2) is 36.8 Å². The van der Waals surface area contributed by atoms with E-state index in [2.05, 4.69) is 4.99 Å². The molecule has 1 heterocycles. The summed E-state index contributed by atoms with van der Waals surface area (Å²) in [6, 6.07) is 11.2. The number of likely N-dealkylation sites (N-methyl/N-ethyl adjacent to an activating group) is 1. The molecule has 0 atom stereocenters. The van der Waals surface area contributed by atoms with Gasteiger partial charge in [-0.25, -0.2) is 0 Å². The number of carbonyl (C=O) groups excluding carboxylic acids is 1. The maximum absolute atomic E-state index is 11.5. The second-order valence-corrected chi connectivity index (χ2v) is 6.37. The van der Waals surface area contributed by atoms with Crippen LogP contribution in [0, 0.1) is 6.92 Å². The van der Waals surface area contributed by atoms with Gasteiger partial charge in [0.05, 0.1) is 0 Å². The smallest absolute Gasteiger partial charge is 0.249 e. The van der Waals surface area contributed by atoms with E-state index in [9.17, 15) is 4.79 Å². The third-order valence-electron chi connectivity index (χ3n) is 3.94. The fourth-order valence-electron chi connectivity index (χ4n) is 2.46. The van der Waals surface area contributed by atoms with Crippen LogP contribution in [0.25, 0.3) is 11.1 Å². The Hall–Kier alpha value is -2.04. The van der Waals surface area contributed by atoms with E-state index in [0.29, 0.717) is 21.6 Å². The second-order valence-electron chi connectivity index (χ2n) is 5.55. The summed E-state index contributed by atoms with van der Waals surface area (Å²) in [6.45, 7) is 2.29. The Morgan fingerprint density at radius 3 is 2.58 bits per heavy atom. The van der Waals surface area contributed by atoms with Gasteiger partial charge in [0.1, 0.15) is 24.7 Å². The predicted octanol–water partition coefficient (Wildman–Crippen LogP) is 4.22. The fraction of sp³-hybridized carbons (Fsp3) is 0.222. The Bertz CT molecular complexity index is 834. The van der Waals surface area contributed by atoms with Crippen LogP contribution in [-0.2, 0) is 4.79 Å². The lowest BCUT2D eigenvalue weighted by molar-refractivity contribution is -0.124. The van der Waals surface area contributed by atoms with Crippen LogP contribution < -0.4 is 4.74 Å². The van der Waals surface area contributed by atoms with Gasteiger partial charge in [0.15, 0.2) is 0 Å². The highest BCUT2D eigenvalue weighted by molar-refractivity contribution is 6.34. The molecule has 0 saturated carbocycles. The quantitative estimate of drug-likeness (QED) is 0.816. The lowest BCUT2D eigenvalue weighted by Gasteiger charge is -2.17. The molecule has 1 aliphatic heterocycles. The van der Waals surface area contributed by atoms with Crippen molar-refractivity contribution in [2.45, 2.75) is 6.92 Å². The van der Waals surface area contributed by atoms with Crippen LogP contribution >= 0.6 is 23.2 Å². The average Bonchev–Trinajstić information content (AvgIpc) is 2.88. The number of amides is 1. The van der Waals surface area contributed by atoms with Crippen LogP contribution in [0.2, 0.25) is 10.0 Å². The maximum atomic E-state index is 11.5. The summed E-state index contributed by atoms with van der Waals surface area (Å²) < 4.78 is 5.94. The Balaban J connectivity index is 1.94. The SMILES string of the molecule is Cc1cc(OCC2=NCC(=O)N2C)c(-c2ccccc2Cl)cc1Cl. The standard InChI is InChI=1S/C18H16Cl2N2O2/c1-11-7-16(24-10-17-21-9-18(23)22(17)2)13(8-15(11)20)12-5-3-4-6-14(12)19/h3-8H,9-10H2,1-2H3. The van der Waals surface area contributed by atoms with Gasteiger partial charge >= 0.3 is 0 Å². The number of amidine groups is 1. The highest BCUT2D eigenvalue weighted by atomic mass is 35.5. The van der Waals surface area contributed by atoms with Crippen molar-refractivity contribution >= 4 is 34.9 Å². The number of ether oxygens (including phenoxy) is 1. The summed E-state index contributed by atoms with van der Waals surface area (Å²) in [5.41, 5.74) is 2.55. The van der Waals surface area contributed by atoms with Gasteiger partial charge < -0.3 is 4.74 Å². The van der Waals surface area contributed by atoms with E-state index >= 15 is 0 Å². The number of aliphatic imine (C=N–C) groups is 1. The second kappa shape index (κ2) is 6.83. The largest absolute Gasteiger partial charge is 0.485 e. The molecule has 124 valence electrons. The highest BCUT2D eigenvalue weighted by Crippen LogP contribution is 2.38. The van der Waals surface area contributed by atoms with Crippen LogP contribution in [0.3, 0.4) is 0 Å². The van der Waals surface area contributed by atoms with E-state index in [4.69, 9.17) is 27.9 Å². The number of hydrogen-bond donors (Lipinski definition) is 0. The highest BCUT2D eigenvalue weighted by Gasteiger charge is 2.22. The normalized spacial score (nSPS) is 14.1. The summed E-state index contributed by atoms with van der Waals surface area (Å²) >= 11 is 12.6. The Labute approximate surface area is 150 Å². The number of rotatable bonds is 4. The molecule has 0 saturated heterocycles. The molecule has 0 aromatic heterocycles. The van der Waals surface area contributed by atoms with E-state index in [1.165, 1.54) is 4.90 Å². The van der Waals surface area contributed by atoms with Crippen LogP contribution in [0.4, 0.5) is 0 Å². The molecule has 1 aliphatic rings. The minimum Gasteiger partial charge on any atom is -0.485 e. The summed E-state index contributed by atoms with van der Waals surface area (Å²) in [5.74, 6) is 1.23. The molecule has 1 amide bonds. The number of nitrogens with zero attached hydrogens (tertiary/aromatic N) is 2. The predicted molar refractivity (Wildman–Crippen MR) is 97.2 cm³/mol. The summed E-state index contributed by atoms with van der Waals surface area (Å²) in [7, 11) is 1.69. The van der Waals surface area contributed by atoms with Crippen LogP contribution in [0.1, 0.15) is 5.56 Å². The van der Waals surface area contributed by atoms with E-state index in [1.54, 1.807) is 7.05 Å². The van der Waals surface area contributed by atoms with Crippen molar-refractivity contribution < 1.29 is 9.53 Å². The first kappa shape index (κ1) is 16.8. The first-order valence-electron chi connectivity index (χ1n) is 7.45. The Morgan fingerprint density at radius 1 is 1.17 bits per heavy atom. The Morgan fingerprint density at radius 2 is 1.92 bits per heavy atom. The van der Waals surface area contributed by atoms with Crippen molar-refractivity contribution in [2.75, 3.05) is 20.2 Å². The summed E-state index contributed by atoms with van der Waals surface area (Å²) in [5, 5.41) is 1.26. The van der Waals surface area contributed by atoms with E-state index in [1.807, 2.05) is 43.3 Å². The fourth-order valence-corrected chi connectivity index (χ4v) is 2.87. The summed E-state index contributed by atoms with van der Waals surface area (Å²) in [4.78, 5) is 17.2. The van der Waals surface area contributed by atoms with Gasteiger partial charge in [0, 0.05) is 28.2 Å². The minimum absolute atomic E-state index is 0.0350. The monoisotopic (exact) mass is 362 g/mol. The molecule has 2 aromatic rings. The number of hydrogen-bond acceptors (Lipinski definition) is 3. The summed E-state index contributed by atoms with van der Waals surface area (Å²) in [6.07, 6.45) is 0. The molecule has 0 fully saturated rings. The third kappa shape index (κ3) is 3.25. The number of halogens is 2. The van der Waals surface area contributed by atoms with E-state index in [0.717, 1.165) is 16.7 Å². The van der Waals surface area contributed by atoms with Gasteiger partial charge in [-0.1, -0.05) is 41.4 Å². The first-order chi connectivity index (χ1) is 11.5. The van der Waals surface area contributed by atoms with Crippen molar-refractivity contribution in [2.24, 2.45) is 4.99 Å². The van der Waals surface area contributed by atoms with Crippen molar-refractivity contribution in [3.63, 3.8) is 0 Å². The number of carbonyl (C=O) groups is 1. The number of aryl methyl sites for hydroxylation is 1. The molecule has 0 bridgehead atoms. The molecule has 24 heavy (non-hydrogen) atoms. The molecule has 3 rings (SSSR count). The molecular formula is C18H16Cl2N2O2. The molecule has 0 N–H and O–H groups in total. The molecule has 2 aromatic carbocycles. The molecule has 0 radical (unpaired) electrons. The van der Waals surface area contributed by atoms with Crippen molar-refractivity contribution in [1.29, 1.82) is 0 Å². The maximum Gasteiger partial charge on any atom is 0.249 e. The zero-order valence-corrected chi connectivity index (χ0v) is 14.9. The van der Waals surface area contributed by atoms with Gasteiger partial charge in [0.2, 0.25) is 5.91 Å². The molecule has 0 spiro atoms. The van der Waals surface area contributed by atoms with Gasteiger partial charge in [-0.3, -0.25) is 14.7 Å². The van der Waals surface area contributed by atoms with Gasteiger partial charge in [-0.05, 0) is 30.7 Å². The van der Waals surface area contributed by atoms with Gasteiger partial charge in [0.25, 0.3) is 0 Å². The van der Waals surface area contributed by atoms with Crippen molar-refractivity contribution in [3.8, 4) is 16.9 Å². The third-order valence-corrected chi connectivity index (χ3v) is 4.68. The molecule has 4 nitrogen and oxygen atoms in total. The lowest BCUT2D eigenvalue weighted by Crippen LogP contribution is -2.31. The topological polar surface area (TPSA) is 41.9 Å². The lowest BCUT2D eigenvalue weighted by atomic mass is 10.0. The van der Waals surface area contributed by atoms with Crippen molar-refractivity contribution in [1.82, 2.24) is 4.90 Å². The van der Waals surface area contributed by atoms with Gasteiger partial charge in [-0.2, -0.15) is 0 Å².